The monoisotopic (exact) mass is 203 g/mol. The lowest BCUT2D eigenvalue weighted by molar-refractivity contribution is -0.135. The summed E-state index contributed by atoms with van der Waals surface area (Å²) in [4.78, 5) is 10.3. The molecule has 0 radical (unpaired) electrons. The number of hydrogen-bond donors (Lipinski definition) is 2. The van der Waals surface area contributed by atoms with Crippen molar-refractivity contribution in [2.24, 2.45) is 5.73 Å². The Morgan fingerprint density at radius 2 is 2.13 bits per heavy atom. The van der Waals surface area contributed by atoms with Gasteiger partial charge < -0.3 is 10.8 Å². The van der Waals surface area contributed by atoms with Crippen LogP contribution in [-0.2, 0) is 11.2 Å². The molecule has 0 saturated heterocycles. The van der Waals surface area contributed by atoms with Crippen LogP contribution in [-0.4, -0.2) is 17.6 Å². The molecule has 3 heteroatoms. The highest BCUT2D eigenvalue weighted by Crippen LogP contribution is 2.07. The molecule has 0 aliphatic rings. The van der Waals surface area contributed by atoms with Crippen LogP contribution in [0.25, 0.3) is 0 Å². The first-order chi connectivity index (χ1) is 7.24. The molecule has 0 bridgehead atoms. The number of benzene rings is 1. The number of nitrogens with two attached hydrogens (primary N) is 1. The van der Waals surface area contributed by atoms with Gasteiger partial charge in [0.2, 0.25) is 0 Å². The standard InChI is InChI=1S/C12H13NO2/c13-9-8-11-5-2-1-4-10(11)6-3-7-12(14)15/h1-2,4-5H,7-9,13H2,(H,14,15). The molecule has 1 aromatic rings. The van der Waals surface area contributed by atoms with Gasteiger partial charge in [0.15, 0.2) is 0 Å². The molecule has 0 amide bonds. The Hall–Kier alpha value is -1.79. The van der Waals surface area contributed by atoms with Crippen LogP contribution in [0.1, 0.15) is 17.5 Å². The highest BCUT2D eigenvalue weighted by molar-refractivity contribution is 5.70. The smallest absolute Gasteiger partial charge is 0.315 e. The van der Waals surface area contributed by atoms with Crippen molar-refractivity contribution in [1.29, 1.82) is 0 Å². The molecule has 0 fully saturated rings. The largest absolute Gasteiger partial charge is 0.481 e. The maximum absolute atomic E-state index is 10.3. The maximum atomic E-state index is 10.3. The van der Waals surface area contributed by atoms with Crippen molar-refractivity contribution in [3.63, 3.8) is 0 Å². The van der Waals surface area contributed by atoms with Crippen LogP contribution in [0.2, 0.25) is 0 Å². The highest BCUT2D eigenvalue weighted by atomic mass is 16.4. The molecule has 0 aliphatic heterocycles. The van der Waals surface area contributed by atoms with Gasteiger partial charge in [0.1, 0.15) is 6.42 Å². The number of rotatable bonds is 3. The molecule has 0 aliphatic carbocycles. The molecule has 0 saturated carbocycles. The average molecular weight is 203 g/mol. The Bertz CT molecular complexity index is 402. The Labute approximate surface area is 88.9 Å². The van der Waals surface area contributed by atoms with Crippen LogP contribution < -0.4 is 5.73 Å². The fourth-order valence-corrected chi connectivity index (χ4v) is 1.23. The number of carboxylic acids is 1. The van der Waals surface area contributed by atoms with E-state index in [4.69, 9.17) is 10.8 Å². The van der Waals surface area contributed by atoms with Gasteiger partial charge in [-0.1, -0.05) is 30.0 Å². The van der Waals surface area contributed by atoms with E-state index in [1.165, 1.54) is 0 Å². The SMILES string of the molecule is NCCc1ccccc1C#CCC(=O)O. The number of hydrogen-bond acceptors (Lipinski definition) is 2. The lowest BCUT2D eigenvalue weighted by Gasteiger charge is -2.01. The second-order valence-electron chi connectivity index (χ2n) is 3.07. The van der Waals surface area contributed by atoms with E-state index in [-0.39, 0.29) is 6.42 Å². The number of carbonyl (C=O) groups is 1. The van der Waals surface area contributed by atoms with Crippen LogP contribution >= 0.6 is 0 Å². The van der Waals surface area contributed by atoms with Crippen LogP contribution in [0.3, 0.4) is 0 Å². The molecular weight excluding hydrogens is 190 g/mol. The number of carboxylic acid groups (broad SMARTS) is 1. The topological polar surface area (TPSA) is 63.3 Å². The van der Waals surface area contributed by atoms with Gasteiger partial charge in [-0.15, -0.1) is 0 Å². The van der Waals surface area contributed by atoms with Gasteiger partial charge in [0.05, 0.1) is 0 Å². The van der Waals surface area contributed by atoms with Crippen LogP contribution in [0, 0.1) is 11.8 Å². The van der Waals surface area contributed by atoms with E-state index in [0.717, 1.165) is 17.5 Å². The first-order valence-corrected chi connectivity index (χ1v) is 4.72. The third-order valence-corrected chi connectivity index (χ3v) is 1.89. The summed E-state index contributed by atoms with van der Waals surface area (Å²) in [6.07, 6.45) is 0.634. The van der Waals surface area contributed by atoms with Crippen molar-refractivity contribution >= 4 is 5.97 Å². The fourth-order valence-electron chi connectivity index (χ4n) is 1.23. The third-order valence-electron chi connectivity index (χ3n) is 1.89. The summed E-state index contributed by atoms with van der Waals surface area (Å²) < 4.78 is 0. The van der Waals surface area contributed by atoms with E-state index in [0.29, 0.717) is 6.54 Å². The number of aliphatic carboxylic acids is 1. The van der Waals surface area contributed by atoms with Crippen LogP contribution in [0.15, 0.2) is 24.3 Å². The Morgan fingerprint density at radius 1 is 1.40 bits per heavy atom. The lowest BCUT2D eigenvalue weighted by atomic mass is 10.1. The second-order valence-corrected chi connectivity index (χ2v) is 3.07. The van der Waals surface area contributed by atoms with E-state index in [2.05, 4.69) is 11.8 Å². The molecule has 15 heavy (non-hydrogen) atoms. The minimum absolute atomic E-state index is 0.128. The van der Waals surface area contributed by atoms with Gasteiger partial charge in [-0.2, -0.15) is 0 Å². The minimum Gasteiger partial charge on any atom is -0.481 e. The van der Waals surface area contributed by atoms with Gasteiger partial charge in [-0.3, -0.25) is 4.79 Å². The summed E-state index contributed by atoms with van der Waals surface area (Å²) in [5.41, 5.74) is 7.40. The molecule has 0 heterocycles. The molecular formula is C12H13NO2. The van der Waals surface area contributed by atoms with Gasteiger partial charge >= 0.3 is 5.97 Å². The van der Waals surface area contributed by atoms with Gasteiger partial charge in [-0.05, 0) is 24.6 Å². The van der Waals surface area contributed by atoms with Crippen LogP contribution in [0.5, 0.6) is 0 Å². The van der Waals surface area contributed by atoms with Crippen molar-refractivity contribution in [1.82, 2.24) is 0 Å². The van der Waals surface area contributed by atoms with Crippen molar-refractivity contribution in [2.45, 2.75) is 12.8 Å². The quantitative estimate of drug-likeness (QED) is 0.721. The summed E-state index contributed by atoms with van der Waals surface area (Å²) in [7, 11) is 0. The van der Waals surface area contributed by atoms with E-state index in [1.54, 1.807) is 0 Å². The first-order valence-electron chi connectivity index (χ1n) is 4.72. The van der Waals surface area contributed by atoms with Gasteiger partial charge in [-0.25, -0.2) is 0 Å². The normalized spacial score (nSPS) is 9.13. The van der Waals surface area contributed by atoms with Gasteiger partial charge in [0, 0.05) is 5.56 Å². The molecule has 78 valence electrons. The fraction of sp³-hybridized carbons (Fsp3) is 0.250. The Kier molecular flexibility index (Phi) is 4.39. The van der Waals surface area contributed by atoms with Crippen molar-refractivity contribution in [2.75, 3.05) is 6.54 Å². The van der Waals surface area contributed by atoms with Crippen molar-refractivity contribution < 1.29 is 9.90 Å². The zero-order valence-electron chi connectivity index (χ0n) is 8.36. The molecule has 0 atom stereocenters. The lowest BCUT2D eigenvalue weighted by Crippen LogP contribution is -2.04. The third kappa shape index (κ3) is 3.84. The molecule has 1 aromatic carbocycles. The summed E-state index contributed by atoms with van der Waals surface area (Å²) in [6.45, 7) is 0.567. The average Bonchev–Trinajstić information content (AvgIpc) is 2.20. The van der Waals surface area contributed by atoms with Gasteiger partial charge in [0.25, 0.3) is 0 Å². The Morgan fingerprint density at radius 3 is 2.80 bits per heavy atom. The van der Waals surface area contributed by atoms with Crippen LogP contribution in [0.4, 0.5) is 0 Å². The summed E-state index contributed by atoms with van der Waals surface area (Å²) in [5, 5.41) is 8.44. The molecule has 0 spiro atoms. The van der Waals surface area contributed by atoms with Crippen molar-refractivity contribution in [3.05, 3.63) is 35.4 Å². The molecule has 1 rings (SSSR count). The highest BCUT2D eigenvalue weighted by Gasteiger charge is 1.97. The summed E-state index contributed by atoms with van der Waals surface area (Å²) in [5.74, 6) is 4.55. The first kappa shape index (κ1) is 11.3. The molecule has 0 unspecified atom stereocenters. The molecule has 3 N–H and O–H groups in total. The van der Waals surface area contributed by atoms with Crippen molar-refractivity contribution in [3.8, 4) is 11.8 Å². The zero-order chi connectivity index (χ0) is 11.1. The second kappa shape index (κ2) is 5.84. The van der Waals surface area contributed by atoms with E-state index < -0.39 is 5.97 Å². The predicted octanol–water partition coefficient (Wildman–Crippen LogP) is 1.01. The van der Waals surface area contributed by atoms with E-state index >= 15 is 0 Å². The molecule has 0 aromatic heterocycles. The maximum Gasteiger partial charge on any atom is 0.315 e. The molecule has 3 nitrogen and oxygen atoms in total. The van der Waals surface area contributed by atoms with E-state index in [9.17, 15) is 4.79 Å². The zero-order valence-corrected chi connectivity index (χ0v) is 8.36. The predicted molar refractivity (Wildman–Crippen MR) is 58.3 cm³/mol. The summed E-state index contributed by atoms with van der Waals surface area (Å²) in [6, 6.07) is 7.63. The van der Waals surface area contributed by atoms with E-state index in [1.807, 2.05) is 24.3 Å². The minimum atomic E-state index is -0.904. The Balaban J connectivity index is 2.81. The summed E-state index contributed by atoms with van der Waals surface area (Å²) >= 11 is 0.